The van der Waals surface area contributed by atoms with Crippen LogP contribution in [0.4, 0.5) is 0 Å². The smallest absolute Gasteiger partial charge is 0.273 e. The number of carbonyl (C=O) groups excluding carboxylic acids is 1. The summed E-state index contributed by atoms with van der Waals surface area (Å²) >= 11 is 3.40. The van der Waals surface area contributed by atoms with E-state index in [4.69, 9.17) is 9.26 Å². The number of rotatable bonds is 7. The zero-order valence-corrected chi connectivity index (χ0v) is 12.5. The van der Waals surface area contributed by atoms with Crippen molar-refractivity contribution >= 4 is 21.8 Å². The van der Waals surface area contributed by atoms with Crippen LogP contribution in [0.15, 0.2) is 10.6 Å². The number of nitrogens with zero attached hydrogens (tertiary/aromatic N) is 1. The van der Waals surface area contributed by atoms with E-state index in [0.717, 1.165) is 11.8 Å². The second-order valence-corrected chi connectivity index (χ2v) is 5.21. The predicted molar refractivity (Wildman–Crippen MR) is 71.7 cm³/mol. The number of amides is 1. The second kappa shape index (κ2) is 7.53. The quantitative estimate of drug-likeness (QED) is 0.784. The lowest BCUT2D eigenvalue weighted by molar-refractivity contribution is 0.0927. The summed E-state index contributed by atoms with van der Waals surface area (Å²) in [6, 6.07) is 1.69. The van der Waals surface area contributed by atoms with E-state index in [9.17, 15) is 4.79 Å². The summed E-state index contributed by atoms with van der Waals surface area (Å²) in [5.74, 6) is 0.849. The Balaban J connectivity index is 2.57. The number of methoxy groups -OCH3 is 1. The van der Waals surface area contributed by atoms with Gasteiger partial charge in [-0.05, 0) is 12.3 Å². The zero-order chi connectivity index (χ0) is 13.5. The van der Waals surface area contributed by atoms with Gasteiger partial charge in [0.1, 0.15) is 6.61 Å². The third-order valence-corrected chi connectivity index (χ3v) is 3.14. The zero-order valence-electron chi connectivity index (χ0n) is 10.9. The number of halogens is 1. The summed E-state index contributed by atoms with van der Waals surface area (Å²) in [5.41, 5.74) is 0.289. The fourth-order valence-electron chi connectivity index (χ4n) is 1.62. The summed E-state index contributed by atoms with van der Waals surface area (Å²) in [5, 5.41) is 7.36. The molecule has 6 heteroatoms. The standard InChI is InChI=1S/C12H19BrN2O3/c1-8(2)4-9(6-13)14-12(16)11-5-10(7-17-3)18-15-11/h5,8-9H,4,6-7H2,1-3H3,(H,14,16). The van der Waals surface area contributed by atoms with Crippen LogP contribution in [0.2, 0.25) is 0 Å². The molecule has 1 aromatic rings. The molecular weight excluding hydrogens is 300 g/mol. The lowest BCUT2D eigenvalue weighted by Crippen LogP contribution is -2.37. The SMILES string of the molecule is COCc1cc(C(=O)NC(CBr)CC(C)C)no1. The van der Waals surface area contributed by atoms with E-state index in [1.165, 1.54) is 0 Å². The van der Waals surface area contributed by atoms with Crippen LogP contribution in [0, 0.1) is 5.92 Å². The van der Waals surface area contributed by atoms with E-state index in [2.05, 4.69) is 40.3 Å². The fraction of sp³-hybridized carbons (Fsp3) is 0.667. The Morgan fingerprint density at radius 1 is 1.61 bits per heavy atom. The maximum Gasteiger partial charge on any atom is 0.273 e. The largest absolute Gasteiger partial charge is 0.377 e. The van der Waals surface area contributed by atoms with Gasteiger partial charge < -0.3 is 14.6 Å². The van der Waals surface area contributed by atoms with Crippen molar-refractivity contribution in [3.05, 3.63) is 17.5 Å². The molecule has 1 rings (SSSR count). The molecule has 5 nitrogen and oxygen atoms in total. The summed E-state index contributed by atoms with van der Waals surface area (Å²) in [6.07, 6.45) is 0.916. The molecule has 1 heterocycles. The van der Waals surface area contributed by atoms with Gasteiger partial charge in [-0.25, -0.2) is 0 Å². The molecule has 1 aromatic heterocycles. The molecule has 0 aromatic carbocycles. The predicted octanol–water partition coefficient (Wildman–Crippen LogP) is 2.36. The molecule has 0 fully saturated rings. The van der Waals surface area contributed by atoms with E-state index >= 15 is 0 Å². The molecule has 102 valence electrons. The van der Waals surface area contributed by atoms with Crippen molar-refractivity contribution in [3.8, 4) is 0 Å². The van der Waals surface area contributed by atoms with E-state index < -0.39 is 0 Å². The summed E-state index contributed by atoms with van der Waals surface area (Å²) < 4.78 is 9.88. The average molecular weight is 319 g/mol. The van der Waals surface area contributed by atoms with Gasteiger partial charge >= 0.3 is 0 Å². The van der Waals surface area contributed by atoms with Crippen molar-refractivity contribution < 1.29 is 14.1 Å². The van der Waals surface area contributed by atoms with Crippen LogP contribution in [-0.2, 0) is 11.3 Å². The van der Waals surface area contributed by atoms with Gasteiger partial charge in [0.05, 0.1) is 0 Å². The summed E-state index contributed by atoms with van der Waals surface area (Å²) in [7, 11) is 1.56. The van der Waals surface area contributed by atoms with Gasteiger partial charge in [0.15, 0.2) is 11.5 Å². The van der Waals surface area contributed by atoms with Gasteiger partial charge in [-0.3, -0.25) is 4.79 Å². The third kappa shape index (κ3) is 4.78. The van der Waals surface area contributed by atoms with Crippen molar-refractivity contribution in [2.75, 3.05) is 12.4 Å². The number of carbonyl (C=O) groups is 1. The molecule has 0 radical (unpaired) electrons. The van der Waals surface area contributed by atoms with Crippen LogP contribution in [0.5, 0.6) is 0 Å². The van der Waals surface area contributed by atoms with Crippen LogP contribution >= 0.6 is 15.9 Å². The van der Waals surface area contributed by atoms with Crippen LogP contribution < -0.4 is 5.32 Å². The molecule has 0 saturated carbocycles. The van der Waals surface area contributed by atoms with Crippen LogP contribution in [0.3, 0.4) is 0 Å². The van der Waals surface area contributed by atoms with Gasteiger partial charge in [-0.15, -0.1) is 0 Å². The van der Waals surface area contributed by atoms with Crippen molar-refractivity contribution in [3.63, 3.8) is 0 Å². The van der Waals surface area contributed by atoms with Gasteiger partial charge in [-0.2, -0.15) is 0 Å². The van der Waals surface area contributed by atoms with Crippen molar-refractivity contribution in [1.82, 2.24) is 10.5 Å². The highest BCUT2D eigenvalue weighted by molar-refractivity contribution is 9.09. The highest BCUT2D eigenvalue weighted by Gasteiger charge is 2.17. The molecule has 1 atom stereocenters. The monoisotopic (exact) mass is 318 g/mol. The minimum Gasteiger partial charge on any atom is -0.377 e. The maximum absolute atomic E-state index is 11.9. The first kappa shape index (κ1) is 15.2. The first-order valence-corrected chi connectivity index (χ1v) is 7.00. The Morgan fingerprint density at radius 2 is 2.33 bits per heavy atom. The van der Waals surface area contributed by atoms with E-state index in [1.807, 2.05) is 0 Å². The minimum atomic E-state index is -0.216. The molecule has 1 unspecified atom stereocenters. The van der Waals surface area contributed by atoms with E-state index in [-0.39, 0.29) is 17.6 Å². The number of hydrogen-bond acceptors (Lipinski definition) is 4. The molecule has 0 aliphatic rings. The fourth-order valence-corrected chi connectivity index (χ4v) is 2.05. The average Bonchev–Trinajstić information content (AvgIpc) is 2.76. The highest BCUT2D eigenvalue weighted by Crippen LogP contribution is 2.09. The number of hydrogen-bond donors (Lipinski definition) is 1. The molecule has 0 aliphatic heterocycles. The Kier molecular flexibility index (Phi) is 6.35. The summed E-state index contributed by atoms with van der Waals surface area (Å²) in [4.78, 5) is 11.9. The Morgan fingerprint density at radius 3 is 2.89 bits per heavy atom. The Labute approximate surface area is 115 Å². The van der Waals surface area contributed by atoms with Crippen LogP contribution in [0.25, 0.3) is 0 Å². The molecule has 1 amide bonds. The van der Waals surface area contributed by atoms with Gasteiger partial charge in [-0.1, -0.05) is 34.9 Å². The molecule has 18 heavy (non-hydrogen) atoms. The Bertz CT molecular complexity index is 379. The first-order valence-electron chi connectivity index (χ1n) is 5.88. The summed E-state index contributed by atoms with van der Waals surface area (Å²) in [6.45, 7) is 4.55. The van der Waals surface area contributed by atoms with Crippen molar-refractivity contribution in [1.29, 1.82) is 0 Å². The molecule has 0 spiro atoms. The van der Waals surface area contributed by atoms with Gasteiger partial charge in [0, 0.05) is 24.5 Å². The van der Waals surface area contributed by atoms with E-state index in [1.54, 1.807) is 13.2 Å². The first-order chi connectivity index (χ1) is 8.56. The van der Waals surface area contributed by atoms with Crippen LogP contribution in [0.1, 0.15) is 36.5 Å². The maximum atomic E-state index is 11.9. The molecular formula is C12H19BrN2O3. The Hall–Kier alpha value is -0.880. The van der Waals surface area contributed by atoms with Crippen molar-refractivity contribution in [2.24, 2.45) is 5.92 Å². The molecule has 0 aliphatic carbocycles. The number of nitrogens with one attached hydrogen (secondary N) is 1. The molecule has 0 bridgehead atoms. The van der Waals surface area contributed by atoms with E-state index in [0.29, 0.717) is 18.3 Å². The number of aromatic nitrogens is 1. The topological polar surface area (TPSA) is 64.4 Å². The number of alkyl halides is 1. The minimum absolute atomic E-state index is 0.0973. The molecule has 1 N–H and O–H groups in total. The second-order valence-electron chi connectivity index (χ2n) is 4.57. The van der Waals surface area contributed by atoms with Crippen molar-refractivity contribution in [2.45, 2.75) is 32.9 Å². The molecule has 0 saturated heterocycles. The van der Waals surface area contributed by atoms with Crippen LogP contribution in [-0.4, -0.2) is 29.5 Å². The number of ether oxygens (including phenoxy) is 1. The highest BCUT2D eigenvalue weighted by atomic mass is 79.9. The third-order valence-electron chi connectivity index (χ3n) is 2.36. The lowest BCUT2D eigenvalue weighted by Gasteiger charge is -2.17. The normalized spacial score (nSPS) is 12.7. The lowest BCUT2D eigenvalue weighted by atomic mass is 10.1. The van der Waals surface area contributed by atoms with Gasteiger partial charge in [0.25, 0.3) is 5.91 Å². The van der Waals surface area contributed by atoms with Gasteiger partial charge in [0.2, 0.25) is 0 Å².